The van der Waals surface area contributed by atoms with Crippen molar-refractivity contribution in [2.75, 3.05) is 0 Å². The zero-order valence-corrected chi connectivity index (χ0v) is 16.3. The minimum absolute atomic E-state index is 0.0879. The first kappa shape index (κ1) is 18.3. The van der Waals surface area contributed by atoms with E-state index in [1.807, 2.05) is 35.4 Å². The Morgan fingerprint density at radius 1 is 1.08 bits per heavy atom. The molecule has 0 unspecified atom stereocenters. The second-order valence-corrected chi connectivity index (χ2v) is 7.75. The Bertz CT molecular complexity index is 886. The molecule has 3 rings (SSSR count). The monoisotopic (exact) mass is 364 g/mol. The molecule has 1 aromatic carbocycles. The van der Waals surface area contributed by atoms with Crippen molar-refractivity contribution in [1.82, 2.24) is 9.88 Å². The molecular weight excluding hydrogens is 340 g/mol. The highest BCUT2D eigenvalue weighted by Crippen LogP contribution is 2.25. The summed E-state index contributed by atoms with van der Waals surface area (Å²) in [5.41, 5.74) is 4.68. The van der Waals surface area contributed by atoms with Crippen molar-refractivity contribution in [2.24, 2.45) is 0 Å². The van der Waals surface area contributed by atoms with Crippen LogP contribution in [0.4, 0.5) is 0 Å². The highest BCUT2D eigenvalue weighted by Gasteiger charge is 2.20. The maximum Gasteiger partial charge on any atom is 0.264 e. The third-order valence-electron chi connectivity index (χ3n) is 4.62. The lowest BCUT2D eigenvalue weighted by molar-refractivity contribution is 0.0734. The van der Waals surface area contributed by atoms with E-state index >= 15 is 0 Å². The van der Waals surface area contributed by atoms with Crippen LogP contribution in [0.25, 0.3) is 0 Å². The quantitative estimate of drug-likeness (QED) is 0.605. The number of pyridine rings is 1. The molecule has 3 nitrogen and oxygen atoms in total. The Hall–Kier alpha value is -2.46. The normalized spacial score (nSPS) is 10.7. The lowest BCUT2D eigenvalue weighted by Gasteiger charge is -2.23. The molecule has 0 radical (unpaired) electrons. The summed E-state index contributed by atoms with van der Waals surface area (Å²) < 4.78 is 0. The number of nitrogens with zero attached hydrogens (tertiary/aromatic N) is 2. The first-order valence-corrected chi connectivity index (χ1v) is 9.72. The second-order valence-electron chi connectivity index (χ2n) is 6.49. The number of aromatic nitrogens is 1. The maximum absolute atomic E-state index is 13.3. The van der Waals surface area contributed by atoms with E-state index < -0.39 is 0 Å². The van der Waals surface area contributed by atoms with E-state index in [1.165, 1.54) is 21.6 Å². The van der Waals surface area contributed by atoms with Gasteiger partial charge in [0.25, 0.3) is 5.91 Å². The molecule has 3 aromatic rings. The van der Waals surface area contributed by atoms with Crippen LogP contribution >= 0.6 is 11.3 Å². The van der Waals surface area contributed by atoms with E-state index in [-0.39, 0.29) is 5.91 Å². The number of benzene rings is 1. The highest BCUT2D eigenvalue weighted by atomic mass is 32.1. The van der Waals surface area contributed by atoms with Crippen molar-refractivity contribution < 1.29 is 4.79 Å². The highest BCUT2D eigenvalue weighted by molar-refractivity contribution is 7.14. The van der Waals surface area contributed by atoms with Crippen LogP contribution in [0.3, 0.4) is 0 Å². The number of rotatable bonds is 6. The predicted octanol–water partition coefficient (Wildman–Crippen LogP) is 5.16. The molecule has 0 saturated carbocycles. The summed E-state index contributed by atoms with van der Waals surface area (Å²) in [5, 5.41) is 0. The summed E-state index contributed by atoms with van der Waals surface area (Å²) in [5.74, 6) is 0.0879. The van der Waals surface area contributed by atoms with Gasteiger partial charge in [-0.3, -0.25) is 9.78 Å². The number of thiophene rings is 1. The van der Waals surface area contributed by atoms with Gasteiger partial charge in [0.05, 0.1) is 4.88 Å². The van der Waals surface area contributed by atoms with E-state index in [4.69, 9.17) is 0 Å². The van der Waals surface area contributed by atoms with E-state index in [0.717, 1.165) is 16.9 Å². The lowest BCUT2D eigenvalue weighted by Crippen LogP contribution is -2.30. The van der Waals surface area contributed by atoms with Gasteiger partial charge in [0.15, 0.2) is 0 Å². The molecule has 1 amide bonds. The summed E-state index contributed by atoms with van der Waals surface area (Å²) in [4.78, 5) is 21.4. The van der Waals surface area contributed by atoms with Crippen LogP contribution in [0.2, 0.25) is 0 Å². The van der Waals surface area contributed by atoms with E-state index in [1.54, 1.807) is 17.5 Å². The molecule has 0 saturated heterocycles. The minimum atomic E-state index is 0.0879. The molecule has 0 spiro atoms. The van der Waals surface area contributed by atoms with E-state index in [0.29, 0.717) is 13.1 Å². The topological polar surface area (TPSA) is 33.2 Å². The Labute approximate surface area is 159 Å². The zero-order valence-electron chi connectivity index (χ0n) is 15.5. The Morgan fingerprint density at radius 2 is 1.88 bits per heavy atom. The summed E-state index contributed by atoms with van der Waals surface area (Å²) >= 11 is 1.59. The van der Waals surface area contributed by atoms with Crippen LogP contribution in [0.5, 0.6) is 0 Å². The van der Waals surface area contributed by atoms with Gasteiger partial charge < -0.3 is 4.90 Å². The number of hydrogen-bond acceptors (Lipinski definition) is 3. The van der Waals surface area contributed by atoms with Gasteiger partial charge in [0.1, 0.15) is 0 Å². The summed E-state index contributed by atoms with van der Waals surface area (Å²) in [6.45, 7) is 7.46. The Balaban J connectivity index is 1.90. The van der Waals surface area contributed by atoms with Crippen LogP contribution < -0.4 is 0 Å². The molecule has 26 heavy (non-hydrogen) atoms. The van der Waals surface area contributed by atoms with Crippen LogP contribution in [-0.2, 0) is 19.5 Å². The van der Waals surface area contributed by atoms with Crippen LogP contribution in [0.1, 0.15) is 43.7 Å². The molecule has 2 aromatic heterocycles. The number of aryl methyl sites for hydroxylation is 3. The fourth-order valence-corrected chi connectivity index (χ4v) is 4.12. The SMILES string of the molecule is CCc1cc(C(=O)N(Cc2cccnc2)Cc2ccccc2C)sc1C. The smallest absolute Gasteiger partial charge is 0.264 e. The van der Waals surface area contributed by atoms with Gasteiger partial charge >= 0.3 is 0 Å². The van der Waals surface area contributed by atoms with Crippen molar-refractivity contribution in [2.45, 2.75) is 40.3 Å². The first-order valence-electron chi connectivity index (χ1n) is 8.90. The fourth-order valence-electron chi connectivity index (χ4n) is 3.04. The third-order valence-corrected chi connectivity index (χ3v) is 5.70. The molecule has 0 aliphatic carbocycles. The largest absolute Gasteiger partial charge is 0.329 e. The fraction of sp³-hybridized carbons (Fsp3) is 0.273. The standard InChI is InChI=1S/C22H24N2OS/c1-4-19-12-21(26-17(19)3)22(25)24(14-18-9-7-11-23-13-18)15-20-10-6-5-8-16(20)2/h5-13H,4,14-15H2,1-3H3. The number of hydrogen-bond donors (Lipinski definition) is 0. The number of amides is 1. The molecule has 0 bridgehead atoms. The molecule has 0 aliphatic heterocycles. The summed E-state index contributed by atoms with van der Waals surface area (Å²) in [7, 11) is 0. The molecule has 4 heteroatoms. The summed E-state index contributed by atoms with van der Waals surface area (Å²) in [6.07, 6.45) is 4.54. The molecule has 0 fully saturated rings. The van der Waals surface area contributed by atoms with Crippen molar-refractivity contribution >= 4 is 17.2 Å². The number of carbonyl (C=O) groups is 1. The molecular formula is C22H24N2OS. The third kappa shape index (κ3) is 4.20. The van der Waals surface area contributed by atoms with Gasteiger partial charge in [0.2, 0.25) is 0 Å². The summed E-state index contributed by atoms with van der Waals surface area (Å²) in [6, 6.07) is 14.2. The first-order chi connectivity index (χ1) is 12.6. The van der Waals surface area contributed by atoms with Gasteiger partial charge in [-0.1, -0.05) is 37.3 Å². The second kappa shape index (κ2) is 8.28. The molecule has 0 N–H and O–H groups in total. The molecule has 2 heterocycles. The lowest BCUT2D eigenvalue weighted by atomic mass is 10.1. The van der Waals surface area contributed by atoms with Gasteiger partial charge in [-0.25, -0.2) is 0 Å². The van der Waals surface area contributed by atoms with Crippen LogP contribution in [-0.4, -0.2) is 15.8 Å². The van der Waals surface area contributed by atoms with E-state index in [2.05, 4.69) is 44.0 Å². The van der Waals surface area contributed by atoms with Crippen molar-refractivity contribution in [3.05, 3.63) is 86.9 Å². The van der Waals surface area contributed by atoms with Gasteiger partial charge in [0, 0.05) is 30.4 Å². The van der Waals surface area contributed by atoms with Crippen LogP contribution in [0, 0.1) is 13.8 Å². The maximum atomic E-state index is 13.3. The van der Waals surface area contributed by atoms with Crippen LogP contribution in [0.15, 0.2) is 54.9 Å². The average molecular weight is 365 g/mol. The van der Waals surface area contributed by atoms with Crippen molar-refractivity contribution in [3.63, 3.8) is 0 Å². The van der Waals surface area contributed by atoms with Gasteiger partial charge in [-0.05, 0) is 54.7 Å². The molecule has 0 atom stereocenters. The Kier molecular flexibility index (Phi) is 5.84. The molecule has 134 valence electrons. The number of carbonyl (C=O) groups excluding carboxylic acids is 1. The van der Waals surface area contributed by atoms with Crippen molar-refractivity contribution in [1.29, 1.82) is 0 Å². The average Bonchev–Trinajstić information content (AvgIpc) is 3.04. The minimum Gasteiger partial charge on any atom is -0.329 e. The van der Waals surface area contributed by atoms with Crippen molar-refractivity contribution in [3.8, 4) is 0 Å². The molecule has 0 aliphatic rings. The predicted molar refractivity (Wildman–Crippen MR) is 107 cm³/mol. The van der Waals surface area contributed by atoms with Gasteiger partial charge in [-0.15, -0.1) is 11.3 Å². The zero-order chi connectivity index (χ0) is 18.5. The Morgan fingerprint density at radius 3 is 2.54 bits per heavy atom. The van der Waals surface area contributed by atoms with E-state index in [9.17, 15) is 4.79 Å². The van der Waals surface area contributed by atoms with Gasteiger partial charge in [-0.2, -0.15) is 0 Å².